The summed E-state index contributed by atoms with van der Waals surface area (Å²) in [6, 6.07) is 13.8. The van der Waals surface area contributed by atoms with E-state index in [0.29, 0.717) is 12.2 Å². The second-order valence-corrected chi connectivity index (χ2v) is 8.73. The lowest BCUT2D eigenvalue weighted by Gasteiger charge is -2.22. The van der Waals surface area contributed by atoms with Gasteiger partial charge in [0.2, 0.25) is 5.78 Å². The van der Waals surface area contributed by atoms with E-state index in [1.54, 1.807) is 0 Å². The van der Waals surface area contributed by atoms with Crippen molar-refractivity contribution in [2.75, 3.05) is 26.2 Å². The lowest BCUT2D eigenvalue weighted by molar-refractivity contribution is 0.103. The number of fused-ring (bicyclic) bond motifs is 1. The highest BCUT2D eigenvalue weighted by molar-refractivity contribution is 6.09. The van der Waals surface area contributed by atoms with Crippen LogP contribution in [0.15, 0.2) is 48.7 Å². The van der Waals surface area contributed by atoms with Crippen molar-refractivity contribution in [1.82, 2.24) is 9.30 Å². The lowest BCUT2D eigenvalue weighted by Crippen LogP contribution is -2.28. The van der Waals surface area contributed by atoms with Gasteiger partial charge in [0.15, 0.2) is 0 Å². The van der Waals surface area contributed by atoms with Gasteiger partial charge in [0, 0.05) is 23.8 Å². The third-order valence-electron chi connectivity index (χ3n) is 6.05. The van der Waals surface area contributed by atoms with E-state index >= 15 is 0 Å². The molecule has 0 bridgehead atoms. The Hall–Kier alpha value is -2.59. The summed E-state index contributed by atoms with van der Waals surface area (Å²) < 4.78 is 8.04. The first-order valence-electron chi connectivity index (χ1n) is 12.1. The lowest BCUT2D eigenvalue weighted by atomic mass is 10.0. The van der Waals surface area contributed by atoms with Crippen molar-refractivity contribution in [2.24, 2.45) is 0 Å². The average Bonchev–Trinajstić information content (AvgIpc) is 3.13. The molecule has 3 rings (SSSR count). The van der Waals surface area contributed by atoms with E-state index in [1.165, 1.54) is 38.8 Å². The number of hydrogen-bond donors (Lipinski definition) is 0. The Morgan fingerprint density at radius 1 is 0.906 bits per heavy atom. The van der Waals surface area contributed by atoms with Gasteiger partial charge in [-0.1, -0.05) is 32.8 Å². The highest BCUT2D eigenvalue weighted by Gasteiger charge is 2.17. The minimum atomic E-state index is 0.0471. The number of aromatic nitrogens is 1. The largest absolute Gasteiger partial charge is 0.493 e. The number of benzene rings is 1. The number of ketones is 1. The van der Waals surface area contributed by atoms with E-state index in [1.807, 2.05) is 60.8 Å². The zero-order chi connectivity index (χ0) is 22.9. The molecule has 0 fully saturated rings. The SMILES string of the molecule is CCCCN(CCCC)CCCOc1ccc(C(=O)c2c(C)cc3ccccn23)cc1C. The van der Waals surface area contributed by atoms with Crippen molar-refractivity contribution in [1.29, 1.82) is 0 Å². The standard InChI is InChI=1S/C28H38N2O2/c1-5-7-15-29(16-8-6-2)17-11-19-32-26-14-13-24(20-22(26)3)28(31)27-23(4)21-25-12-9-10-18-30(25)27/h9-10,12-14,18,20-21H,5-8,11,15-17,19H2,1-4H3. The molecule has 172 valence electrons. The number of pyridine rings is 1. The molecule has 0 aliphatic carbocycles. The predicted molar refractivity (Wildman–Crippen MR) is 133 cm³/mol. The van der Waals surface area contributed by atoms with Gasteiger partial charge < -0.3 is 14.0 Å². The molecule has 0 spiro atoms. The summed E-state index contributed by atoms with van der Waals surface area (Å²) in [7, 11) is 0. The number of hydrogen-bond acceptors (Lipinski definition) is 3. The van der Waals surface area contributed by atoms with Crippen LogP contribution in [0.1, 0.15) is 73.1 Å². The van der Waals surface area contributed by atoms with Crippen molar-refractivity contribution in [3.63, 3.8) is 0 Å². The van der Waals surface area contributed by atoms with Crippen molar-refractivity contribution in [2.45, 2.75) is 59.8 Å². The van der Waals surface area contributed by atoms with Crippen LogP contribution >= 0.6 is 0 Å². The van der Waals surface area contributed by atoms with Gasteiger partial charge in [0.05, 0.1) is 12.3 Å². The van der Waals surface area contributed by atoms with E-state index < -0.39 is 0 Å². The molecule has 2 aromatic heterocycles. The molecule has 32 heavy (non-hydrogen) atoms. The van der Waals surface area contributed by atoms with Crippen molar-refractivity contribution < 1.29 is 9.53 Å². The summed E-state index contributed by atoms with van der Waals surface area (Å²) in [6.07, 6.45) is 7.96. The van der Waals surface area contributed by atoms with Gasteiger partial charge in [-0.2, -0.15) is 0 Å². The van der Waals surface area contributed by atoms with Gasteiger partial charge in [0.25, 0.3) is 0 Å². The van der Waals surface area contributed by atoms with Crippen LogP contribution in [0.5, 0.6) is 5.75 Å². The van der Waals surface area contributed by atoms with E-state index in [9.17, 15) is 4.79 Å². The summed E-state index contributed by atoms with van der Waals surface area (Å²) >= 11 is 0. The van der Waals surface area contributed by atoms with Crippen LogP contribution in [0, 0.1) is 13.8 Å². The Balaban J connectivity index is 1.60. The summed E-state index contributed by atoms with van der Waals surface area (Å²) in [5.41, 5.74) is 4.47. The van der Waals surface area contributed by atoms with E-state index in [0.717, 1.165) is 41.1 Å². The maximum Gasteiger partial charge on any atom is 0.210 e. The Labute approximate surface area is 193 Å². The smallest absolute Gasteiger partial charge is 0.210 e. The van der Waals surface area contributed by atoms with E-state index in [2.05, 4.69) is 24.8 Å². The van der Waals surface area contributed by atoms with Crippen LogP contribution in [0.4, 0.5) is 0 Å². The molecule has 1 aromatic carbocycles. The maximum atomic E-state index is 13.2. The molecule has 2 heterocycles. The van der Waals surface area contributed by atoms with Gasteiger partial charge >= 0.3 is 0 Å². The van der Waals surface area contributed by atoms with Crippen LogP contribution < -0.4 is 4.74 Å². The molecule has 0 atom stereocenters. The number of carbonyl (C=O) groups excluding carboxylic acids is 1. The first-order valence-corrected chi connectivity index (χ1v) is 12.1. The summed E-state index contributed by atoms with van der Waals surface area (Å²) in [6.45, 7) is 12.7. The molecule has 0 aliphatic rings. The second kappa shape index (κ2) is 11.9. The fourth-order valence-corrected chi connectivity index (χ4v) is 4.20. The predicted octanol–water partition coefficient (Wildman–Crippen LogP) is 6.46. The van der Waals surface area contributed by atoms with Crippen molar-refractivity contribution in [3.05, 3.63) is 71.0 Å². The average molecular weight is 435 g/mol. The summed E-state index contributed by atoms with van der Waals surface area (Å²) in [4.78, 5) is 15.8. The molecule has 0 aliphatic heterocycles. The number of ether oxygens (including phenoxy) is 1. The molecule has 3 aromatic rings. The molecule has 0 saturated heterocycles. The van der Waals surface area contributed by atoms with Crippen LogP contribution in [-0.2, 0) is 0 Å². The number of unbranched alkanes of at least 4 members (excludes halogenated alkanes) is 2. The van der Waals surface area contributed by atoms with Crippen molar-refractivity contribution in [3.8, 4) is 5.75 Å². The summed E-state index contributed by atoms with van der Waals surface area (Å²) in [5, 5.41) is 0. The zero-order valence-electron chi connectivity index (χ0n) is 20.2. The third-order valence-corrected chi connectivity index (χ3v) is 6.05. The molecule has 4 heteroatoms. The maximum absolute atomic E-state index is 13.2. The number of nitrogens with zero attached hydrogens (tertiary/aromatic N) is 2. The molecule has 0 radical (unpaired) electrons. The highest BCUT2D eigenvalue weighted by atomic mass is 16.5. The van der Waals surface area contributed by atoms with Crippen LogP contribution in [0.3, 0.4) is 0 Å². The molecule has 0 saturated carbocycles. The Bertz CT molecular complexity index is 1010. The Morgan fingerprint density at radius 2 is 1.62 bits per heavy atom. The monoisotopic (exact) mass is 434 g/mol. The number of aryl methyl sites for hydroxylation is 2. The van der Waals surface area contributed by atoms with Crippen LogP contribution in [0.2, 0.25) is 0 Å². The molecule has 0 N–H and O–H groups in total. The van der Waals surface area contributed by atoms with E-state index in [4.69, 9.17) is 4.74 Å². The van der Waals surface area contributed by atoms with Gasteiger partial charge in [-0.15, -0.1) is 0 Å². The Kier molecular flexibility index (Phi) is 8.92. The van der Waals surface area contributed by atoms with E-state index in [-0.39, 0.29) is 5.78 Å². The molecule has 0 amide bonds. The summed E-state index contributed by atoms with van der Waals surface area (Å²) in [5.74, 6) is 0.915. The molecule has 4 nitrogen and oxygen atoms in total. The number of rotatable bonds is 13. The third kappa shape index (κ3) is 6.01. The minimum absolute atomic E-state index is 0.0471. The second-order valence-electron chi connectivity index (χ2n) is 8.73. The Morgan fingerprint density at radius 3 is 2.31 bits per heavy atom. The first kappa shape index (κ1) is 24.1. The highest BCUT2D eigenvalue weighted by Crippen LogP contribution is 2.24. The fourth-order valence-electron chi connectivity index (χ4n) is 4.20. The van der Waals surface area contributed by atoms with Gasteiger partial charge in [-0.25, -0.2) is 0 Å². The van der Waals surface area contributed by atoms with Gasteiger partial charge in [0.1, 0.15) is 5.75 Å². The van der Waals surface area contributed by atoms with Crippen LogP contribution in [0.25, 0.3) is 5.52 Å². The van der Waals surface area contributed by atoms with Crippen LogP contribution in [-0.4, -0.2) is 41.3 Å². The molecular weight excluding hydrogens is 396 g/mol. The topological polar surface area (TPSA) is 34.0 Å². The molecular formula is C28H38N2O2. The minimum Gasteiger partial charge on any atom is -0.493 e. The zero-order valence-corrected chi connectivity index (χ0v) is 20.2. The van der Waals surface area contributed by atoms with Gasteiger partial charge in [-0.3, -0.25) is 4.79 Å². The quantitative estimate of drug-likeness (QED) is 0.229. The molecule has 0 unspecified atom stereocenters. The number of carbonyl (C=O) groups is 1. The normalized spacial score (nSPS) is 11.4. The van der Waals surface area contributed by atoms with Gasteiger partial charge in [-0.05, 0) is 93.7 Å². The van der Waals surface area contributed by atoms with Crippen molar-refractivity contribution >= 4 is 11.3 Å². The fraction of sp³-hybridized carbons (Fsp3) is 0.464. The first-order chi connectivity index (χ1) is 15.5.